The first kappa shape index (κ1) is 22.7. The lowest BCUT2D eigenvalue weighted by atomic mass is 9.73. The second kappa shape index (κ2) is 8.58. The first-order chi connectivity index (χ1) is 16.8. The van der Waals surface area contributed by atoms with Gasteiger partial charge in [0.2, 0.25) is 12.8 Å². The number of nitrogens with zero attached hydrogens (tertiary/aromatic N) is 3. The fourth-order valence-corrected chi connectivity index (χ4v) is 4.56. The molecule has 0 radical (unpaired) electrons. The largest absolute Gasteiger partial charge is 0.619 e. The van der Waals surface area contributed by atoms with Gasteiger partial charge in [0.1, 0.15) is 17.0 Å². The van der Waals surface area contributed by atoms with Crippen molar-refractivity contribution >= 4 is 17.8 Å². The molecule has 11 heteroatoms. The average Bonchev–Trinajstić information content (AvgIpc) is 3.12. The molecule has 1 amide bonds. The Labute approximate surface area is 198 Å². The van der Waals surface area contributed by atoms with Crippen molar-refractivity contribution in [3.8, 4) is 16.9 Å². The number of esters is 1. The van der Waals surface area contributed by atoms with Crippen LogP contribution in [-0.4, -0.2) is 39.4 Å². The molecular weight excluding hydrogens is 459 g/mol. The van der Waals surface area contributed by atoms with E-state index < -0.39 is 29.9 Å². The van der Waals surface area contributed by atoms with Gasteiger partial charge in [0.15, 0.2) is 12.4 Å². The van der Waals surface area contributed by atoms with Gasteiger partial charge in [-0.25, -0.2) is 19.2 Å². The molecule has 1 saturated carbocycles. The minimum absolute atomic E-state index is 0.00802. The van der Waals surface area contributed by atoms with Crippen LogP contribution in [0, 0.1) is 5.21 Å². The Morgan fingerprint density at radius 3 is 2.66 bits per heavy atom. The van der Waals surface area contributed by atoms with Gasteiger partial charge >= 0.3 is 5.97 Å². The van der Waals surface area contributed by atoms with Gasteiger partial charge in [0.05, 0.1) is 11.1 Å². The smallest absolute Gasteiger partial charge is 0.339 e. The zero-order valence-corrected chi connectivity index (χ0v) is 18.4. The summed E-state index contributed by atoms with van der Waals surface area (Å²) in [5, 5.41) is 25.3. The first-order valence-electron chi connectivity index (χ1n) is 10.9. The number of aromatic nitrogens is 3. The molecule has 2 N–H and O–H groups in total. The summed E-state index contributed by atoms with van der Waals surface area (Å²) < 4.78 is 23.5. The quantitative estimate of drug-likeness (QED) is 0.323. The topological polar surface area (TPSA) is 138 Å². The van der Waals surface area contributed by atoms with Crippen LogP contribution in [0.1, 0.15) is 41.6 Å². The lowest BCUT2D eigenvalue weighted by Crippen LogP contribution is -2.49. The van der Waals surface area contributed by atoms with Crippen molar-refractivity contribution in [3.05, 3.63) is 71.5 Å². The third kappa shape index (κ3) is 4.14. The summed E-state index contributed by atoms with van der Waals surface area (Å²) in [5.41, 5.74) is -0.628. The van der Waals surface area contributed by atoms with Gasteiger partial charge in [0, 0.05) is 24.0 Å². The van der Waals surface area contributed by atoms with E-state index in [0.717, 1.165) is 0 Å². The third-order valence-electron chi connectivity index (χ3n) is 6.51. The summed E-state index contributed by atoms with van der Waals surface area (Å²) in [6, 6.07) is 8.16. The van der Waals surface area contributed by atoms with Crippen LogP contribution in [0.25, 0.3) is 11.1 Å². The van der Waals surface area contributed by atoms with E-state index in [-0.39, 0.29) is 31.6 Å². The number of hydrogen-bond donors (Lipinski definition) is 2. The molecule has 1 fully saturated rings. The maximum absolute atomic E-state index is 12.9. The van der Waals surface area contributed by atoms with Crippen LogP contribution < -0.4 is 14.8 Å². The summed E-state index contributed by atoms with van der Waals surface area (Å²) in [5.74, 6) is -0.824. The van der Waals surface area contributed by atoms with Crippen LogP contribution >= 0.6 is 0 Å². The molecule has 1 aromatic carbocycles. The second-order valence-corrected chi connectivity index (χ2v) is 8.58. The van der Waals surface area contributed by atoms with E-state index in [9.17, 15) is 24.3 Å². The molecule has 2 aromatic heterocycles. The SMILES string of the molecule is O=C1OC2(CCC(O)(C(=O)Nc3ncc(-c4cccc(OCF)c4)cn3)CC2)c2c[n+]([O-])ccc21. The molecule has 5 rings (SSSR count). The molecular formula is C24H21FN4O6. The number of benzene rings is 1. The summed E-state index contributed by atoms with van der Waals surface area (Å²) >= 11 is 0. The number of alkyl halides is 1. The van der Waals surface area contributed by atoms with E-state index >= 15 is 0 Å². The lowest BCUT2D eigenvalue weighted by Gasteiger charge is -2.39. The van der Waals surface area contributed by atoms with E-state index in [2.05, 4.69) is 15.3 Å². The normalized spacial score (nSPS) is 23.0. The number of aliphatic hydroxyl groups is 1. The highest BCUT2D eigenvalue weighted by molar-refractivity contribution is 5.96. The fourth-order valence-electron chi connectivity index (χ4n) is 4.56. The van der Waals surface area contributed by atoms with Gasteiger partial charge in [-0.05, 0) is 43.4 Å². The number of nitrogens with one attached hydrogen (secondary N) is 1. The van der Waals surface area contributed by atoms with Gasteiger partial charge in [-0.2, -0.15) is 4.73 Å². The average molecular weight is 480 g/mol. The van der Waals surface area contributed by atoms with Crippen molar-refractivity contribution in [1.29, 1.82) is 0 Å². The van der Waals surface area contributed by atoms with Crippen molar-refractivity contribution in [2.24, 2.45) is 0 Å². The van der Waals surface area contributed by atoms with Crippen LogP contribution in [0.5, 0.6) is 5.75 Å². The van der Waals surface area contributed by atoms with Crippen molar-refractivity contribution in [3.63, 3.8) is 0 Å². The molecule has 3 heterocycles. The van der Waals surface area contributed by atoms with Crippen LogP contribution in [0.15, 0.2) is 55.1 Å². The zero-order chi connectivity index (χ0) is 24.6. The highest BCUT2D eigenvalue weighted by atomic mass is 19.1. The fraction of sp³-hybridized carbons (Fsp3) is 0.292. The standard InChI is InChI=1S/C24H21FN4O6/c25-14-34-17-3-1-2-15(10-17)16-11-26-22(27-12-16)28-21(31)23(32)5-7-24(8-6-23)19-13-29(33)9-4-18(19)20(30)35-24/h1-4,9-13,32H,5-8,14H2,(H,26,27,28,31). The maximum atomic E-state index is 12.9. The zero-order valence-electron chi connectivity index (χ0n) is 18.4. The van der Waals surface area contributed by atoms with Crippen LogP contribution in [0.3, 0.4) is 0 Å². The minimum Gasteiger partial charge on any atom is -0.619 e. The Hall–Kier alpha value is -4.12. The molecule has 0 unspecified atom stereocenters. The number of amides is 1. The highest BCUT2D eigenvalue weighted by Gasteiger charge is 2.54. The molecule has 1 aliphatic heterocycles. The Balaban J connectivity index is 1.26. The summed E-state index contributed by atoms with van der Waals surface area (Å²) in [4.78, 5) is 33.4. The Kier molecular flexibility index (Phi) is 5.56. The molecule has 10 nitrogen and oxygen atoms in total. The molecule has 0 atom stereocenters. The van der Waals surface area contributed by atoms with Crippen molar-refractivity contribution < 1.29 is 33.3 Å². The number of carbonyl (C=O) groups excluding carboxylic acids is 2. The first-order valence-corrected chi connectivity index (χ1v) is 10.9. The molecule has 35 heavy (non-hydrogen) atoms. The number of hydrogen-bond acceptors (Lipinski definition) is 8. The molecule has 0 bridgehead atoms. The van der Waals surface area contributed by atoms with Gasteiger partial charge in [-0.1, -0.05) is 12.1 Å². The van der Waals surface area contributed by atoms with E-state index in [1.165, 1.54) is 30.9 Å². The molecule has 180 valence electrons. The van der Waals surface area contributed by atoms with Crippen molar-refractivity contribution in [2.45, 2.75) is 36.9 Å². The van der Waals surface area contributed by atoms with Gasteiger partial charge in [-0.3, -0.25) is 10.1 Å². The molecule has 0 saturated heterocycles. The number of fused-ring (bicyclic) bond motifs is 2. The summed E-state index contributed by atoms with van der Waals surface area (Å²) in [7, 11) is 0. The van der Waals surface area contributed by atoms with E-state index in [4.69, 9.17) is 9.47 Å². The Morgan fingerprint density at radius 2 is 1.94 bits per heavy atom. The number of halogens is 1. The van der Waals surface area contributed by atoms with Gasteiger partial charge in [-0.15, -0.1) is 0 Å². The molecule has 2 aliphatic rings. The number of anilines is 1. The molecule has 3 aromatic rings. The highest BCUT2D eigenvalue weighted by Crippen LogP contribution is 2.48. The van der Waals surface area contributed by atoms with Gasteiger partial charge < -0.3 is 19.8 Å². The number of ether oxygens (including phenoxy) is 2. The second-order valence-electron chi connectivity index (χ2n) is 8.58. The monoisotopic (exact) mass is 480 g/mol. The van der Waals surface area contributed by atoms with Crippen LogP contribution in [0.4, 0.5) is 10.3 Å². The van der Waals surface area contributed by atoms with E-state index in [1.807, 2.05) is 0 Å². The summed E-state index contributed by atoms with van der Waals surface area (Å²) in [6.45, 7) is -0.942. The Morgan fingerprint density at radius 1 is 1.20 bits per heavy atom. The maximum Gasteiger partial charge on any atom is 0.339 e. The predicted octanol–water partition coefficient (Wildman–Crippen LogP) is 2.39. The van der Waals surface area contributed by atoms with Crippen molar-refractivity contribution in [2.75, 3.05) is 12.2 Å². The number of rotatable bonds is 5. The third-order valence-corrected chi connectivity index (χ3v) is 6.51. The van der Waals surface area contributed by atoms with Crippen LogP contribution in [-0.2, 0) is 15.1 Å². The minimum atomic E-state index is -1.72. The Bertz CT molecular complexity index is 1290. The summed E-state index contributed by atoms with van der Waals surface area (Å²) in [6.07, 6.45) is 5.89. The van der Waals surface area contributed by atoms with E-state index in [1.54, 1.807) is 24.3 Å². The van der Waals surface area contributed by atoms with Crippen LogP contribution in [0.2, 0.25) is 0 Å². The lowest BCUT2D eigenvalue weighted by molar-refractivity contribution is -0.606. The molecule has 1 aliphatic carbocycles. The number of pyridine rings is 1. The van der Waals surface area contributed by atoms with E-state index in [0.29, 0.717) is 32.7 Å². The molecule has 1 spiro atoms. The van der Waals surface area contributed by atoms with Gasteiger partial charge in [0.25, 0.3) is 5.91 Å². The predicted molar refractivity (Wildman–Crippen MR) is 119 cm³/mol. The van der Waals surface area contributed by atoms with Crippen molar-refractivity contribution in [1.82, 2.24) is 9.97 Å². The number of carbonyl (C=O) groups is 2.